The van der Waals surface area contributed by atoms with Crippen LogP contribution in [-0.4, -0.2) is 29.6 Å². The van der Waals surface area contributed by atoms with Crippen LogP contribution in [0.2, 0.25) is 0 Å². The second kappa shape index (κ2) is 7.91. The van der Waals surface area contributed by atoms with Crippen LogP contribution in [-0.2, 0) is 22.6 Å². The number of anilines is 1. The molecule has 7 heteroatoms. The van der Waals surface area contributed by atoms with Gasteiger partial charge in [-0.1, -0.05) is 23.4 Å². The van der Waals surface area contributed by atoms with E-state index in [1.165, 1.54) is 0 Å². The van der Waals surface area contributed by atoms with E-state index >= 15 is 0 Å². The Balaban J connectivity index is 1.20. The van der Waals surface area contributed by atoms with Crippen molar-refractivity contribution < 1.29 is 18.8 Å². The summed E-state index contributed by atoms with van der Waals surface area (Å²) in [4.78, 5) is 26.6. The average Bonchev–Trinajstić information content (AvgIpc) is 3.49. The van der Waals surface area contributed by atoms with Gasteiger partial charge in [-0.2, -0.15) is 0 Å². The smallest absolute Gasteiger partial charge is 0.227 e. The average molecular weight is 417 g/mol. The van der Waals surface area contributed by atoms with E-state index in [1.54, 1.807) is 4.90 Å². The van der Waals surface area contributed by atoms with Crippen molar-refractivity contribution >= 4 is 17.5 Å². The molecule has 1 aromatic heterocycles. The number of hydrogen-bond donors (Lipinski definition) is 1. The van der Waals surface area contributed by atoms with Crippen LogP contribution < -0.4 is 15.0 Å². The summed E-state index contributed by atoms with van der Waals surface area (Å²) in [7, 11) is 0. The highest BCUT2D eigenvalue weighted by Crippen LogP contribution is 2.33. The molecule has 0 bridgehead atoms. The summed E-state index contributed by atoms with van der Waals surface area (Å²) in [5, 5.41) is 6.96. The number of amides is 2. The summed E-state index contributed by atoms with van der Waals surface area (Å²) in [5.74, 6) is 1.000. The van der Waals surface area contributed by atoms with Gasteiger partial charge >= 0.3 is 0 Å². The van der Waals surface area contributed by atoms with E-state index in [9.17, 15) is 9.59 Å². The number of benzene rings is 2. The summed E-state index contributed by atoms with van der Waals surface area (Å²) in [6.07, 6.45) is 1.27. The monoisotopic (exact) mass is 417 g/mol. The van der Waals surface area contributed by atoms with E-state index in [1.807, 2.05) is 55.5 Å². The Hall–Kier alpha value is -3.61. The molecule has 3 aromatic rings. The maximum atomic E-state index is 12.6. The second-order valence-corrected chi connectivity index (χ2v) is 8.10. The van der Waals surface area contributed by atoms with Crippen LogP contribution in [0.15, 0.2) is 59.1 Å². The van der Waals surface area contributed by atoms with Crippen LogP contribution in [0, 0.1) is 5.92 Å². The number of fused-ring (bicyclic) bond motifs is 1. The zero-order valence-electron chi connectivity index (χ0n) is 17.2. The molecule has 31 heavy (non-hydrogen) atoms. The molecule has 2 atom stereocenters. The van der Waals surface area contributed by atoms with Crippen LogP contribution in [0.25, 0.3) is 11.3 Å². The number of hydrogen-bond acceptors (Lipinski definition) is 5. The number of para-hydroxylation sites is 1. The predicted octanol–water partition coefficient (Wildman–Crippen LogP) is 3.33. The number of nitrogens with one attached hydrogen (secondary N) is 1. The molecule has 0 aliphatic carbocycles. The molecule has 158 valence electrons. The maximum absolute atomic E-state index is 12.6. The first kappa shape index (κ1) is 19.4. The Morgan fingerprint density at radius 3 is 2.84 bits per heavy atom. The largest absolute Gasteiger partial charge is 0.490 e. The first-order valence-electron chi connectivity index (χ1n) is 10.5. The highest BCUT2D eigenvalue weighted by molar-refractivity contribution is 6.00. The lowest BCUT2D eigenvalue weighted by Gasteiger charge is -2.16. The Kier molecular flexibility index (Phi) is 4.94. The van der Waals surface area contributed by atoms with Crippen LogP contribution >= 0.6 is 0 Å². The first-order valence-corrected chi connectivity index (χ1v) is 10.5. The zero-order valence-corrected chi connectivity index (χ0v) is 17.2. The van der Waals surface area contributed by atoms with Crippen molar-refractivity contribution in [3.8, 4) is 17.1 Å². The molecule has 5 rings (SSSR count). The molecule has 2 aliphatic heterocycles. The van der Waals surface area contributed by atoms with E-state index in [4.69, 9.17) is 9.26 Å². The van der Waals surface area contributed by atoms with Crippen molar-refractivity contribution in [2.45, 2.75) is 32.4 Å². The van der Waals surface area contributed by atoms with Gasteiger partial charge in [0.05, 0.1) is 12.5 Å². The van der Waals surface area contributed by atoms with Gasteiger partial charge in [-0.25, -0.2) is 0 Å². The minimum Gasteiger partial charge on any atom is -0.490 e. The van der Waals surface area contributed by atoms with E-state index in [2.05, 4.69) is 16.5 Å². The molecule has 1 fully saturated rings. The van der Waals surface area contributed by atoms with Gasteiger partial charge in [-0.3, -0.25) is 9.59 Å². The van der Waals surface area contributed by atoms with Gasteiger partial charge in [0.25, 0.3) is 0 Å². The highest BCUT2D eigenvalue weighted by atomic mass is 16.5. The van der Waals surface area contributed by atoms with Crippen molar-refractivity contribution in [3.63, 3.8) is 0 Å². The number of nitrogens with zero attached hydrogens (tertiary/aromatic N) is 2. The van der Waals surface area contributed by atoms with Crippen molar-refractivity contribution in [1.82, 2.24) is 10.5 Å². The van der Waals surface area contributed by atoms with Gasteiger partial charge in [-0.05, 0) is 42.8 Å². The van der Waals surface area contributed by atoms with E-state index in [0.29, 0.717) is 18.0 Å². The van der Waals surface area contributed by atoms with Gasteiger partial charge in [0.15, 0.2) is 5.76 Å². The highest BCUT2D eigenvalue weighted by Gasteiger charge is 2.35. The summed E-state index contributed by atoms with van der Waals surface area (Å²) in [5.41, 5.74) is 3.54. The number of ether oxygens (including phenoxy) is 1. The van der Waals surface area contributed by atoms with E-state index in [-0.39, 0.29) is 36.8 Å². The van der Waals surface area contributed by atoms with E-state index < -0.39 is 0 Å². The number of rotatable bonds is 5. The van der Waals surface area contributed by atoms with Gasteiger partial charge in [-0.15, -0.1) is 0 Å². The normalized spacial score (nSPS) is 19.9. The molecule has 2 amide bonds. The van der Waals surface area contributed by atoms with Crippen molar-refractivity contribution in [2.24, 2.45) is 5.92 Å². The minimum atomic E-state index is -0.377. The lowest BCUT2D eigenvalue weighted by atomic mass is 10.1. The van der Waals surface area contributed by atoms with Crippen molar-refractivity contribution in [2.75, 3.05) is 11.4 Å². The third-order valence-corrected chi connectivity index (χ3v) is 5.75. The van der Waals surface area contributed by atoms with Crippen molar-refractivity contribution in [3.05, 3.63) is 65.9 Å². The topological polar surface area (TPSA) is 84.7 Å². The van der Waals surface area contributed by atoms with Gasteiger partial charge in [0.1, 0.15) is 17.5 Å². The van der Waals surface area contributed by atoms with Gasteiger partial charge in [0.2, 0.25) is 11.8 Å². The second-order valence-electron chi connectivity index (χ2n) is 8.10. The third-order valence-electron chi connectivity index (χ3n) is 5.75. The molecule has 0 spiro atoms. The summed E-state index contributed by atoms with van der Waals surface area (Å²) >= 11 is 0. The van der Waals surface area contributed by atoms with Crippen LogP contribution in [0.5, 0.6) is 5.75 Å². The standard InChI is InChI=1S/C24H23N3O4/c1-15-9-17-10-16(7-8-21(17)30-15)22-12-19(26-31-22)13-25-24(29)18-11-23(28)27(14-18)20-5-3-2-4-6-20/h2-8,10,12,15,18H,9,11,13-14H2,1H3,(H,25,29). The summed E-state index contributed by atoms with van der Waals surface area (Å²) < 4.78 is 11.2. The molecule has 7 nitrogen and oxygen atoms in total. The third kappa shape index (κ3) is 3.91. The first-order chi connectivity index (χ1) is 15.1. The fraction of sp³-hybridized carbons (Fsp3) is 0.292. The Bertz CT molecular complexity index is 1120. The Morgan fingerprint density at radius 1 is 1.16 bits per heavy atom. The summed E-state index contributed by atoms with van der Waals surface area (Å²) in [6, 6.07) is 17.2. The van der Waals surface area contributed by atoms with Crippen LogP contribution in [0.4, 0.5) is 5.69 Å². The SMILES string of the molecule is CC1Cc2cc(-c3cc(CNC(=O)C4CC(=O)N(c5ccccc5)C4)no3)ccc2O1. The Morgan fingerprint density at radius 2 is 2.00 bits per heavy atom. The lowest BCUT2D eigenvalue weighted by Crippen LogP contribution is -2.32. The molecular formula is C24H23N3O4. The molecule has 2 aromatic carbocycles. The van der Waals surface area contributed by atoms with E-state index in [0.717, 1.165) is 29.0 Å². The van der Waals surface area contributed by atoms with Crippen molar-refractivity contribution in [1.29, 1.82) is 0 Å². The molecule has 1 N–H and O–H groups in total. The molecule has 0 saturated carbocycles. The Labute approximate surface area is 180 Å². The zero-order chi connectivity index (χ0) is 21.4. The van der Waals surface area contributed by atoms with Gasteiger partial charge < -0.3 is 19.5 Å². The number of aromatic nitrogens is 1. The predicted molar refractivity (Wildman–Crippen MR) is 114 cm³/mol. The van der Waals surface area contributed by atoms with Crippen LogP contribution in [0.3, 0.4) is 0 Å². The maximum Gasteiger partial charge on any atom is 0.227 e. The fourth-order valence-electron chi connectivity index (χ4n) is 4.17. The van der Waals surface area contributed by atoms with Crippen LogP contribution in [0.1, 0.15) is 24.6 Å². The number of carbonyl (C=O) groups is 2. The fourth-order valence-corrected chi connectivity index (χ4v) is 4.17. The minimum absolute atomic E-state index is 0.0371. The number of carbonyl (C=O) groups excluding carboxylic acids is 2. The molecule has 1 saturated heterocycles. The molecular weight excluding hydrogens is 394 g/mol. The van der Waals surface area contributed by atoms with Gasteiger partial charge in [0, 0.05) is 36.7 Å². The lowest BCUT2D eigenvalue weighted by molar-refractivity contribution is -0.126. The summed E-state index contributed by atoms with van der Waals surface area (Å²) in [6.45, 7) is 2.68. The molecule has 3 heterocycles. The molecule has 2 aliphatic rings. The molecule has 2 unspecified atom stereocenters. The molecule has 0 radical (unpaired) electrons. The quantitative estimate of drug-likeness (QED) is 0.688.